The van der Waals surface area contributed by atoms with Crippen LogP contribution in [0.25, 0.3) is 0 Å². The molecule has 12 nitrogen and oxygen atoms in total. The molecule has 0 saturated heterocycles. The Balaban J connectivity index is 0.000000227. The fraction of sp³-hybridized carbons (Fsp3) is 0.464. The molecule has 2 aromatic heterocycles. The van der Waals surface area contributed by atoms with Gasteiger partial charge in [0.05, 0.1) is 31.1 Å². The number of nitrogens with one attached hydrogen (secondary N) is 1. The van der Waals surface area contributed by atoms with Crippen LogP contribution in [0.3, 0.4) is 0 Å². The fourth-order valence-electron chi connectivity index (χ4n) is 4.52. The van der Waals surface area contributed by atoms with Crippen molar-refractivity contribution in [1.82, 2.24) is 29.8 Å². The molecule has 2 aliphatic heterocycles. The predicted octanol–water partition coefficient (Wildman–Crippen LogP) is 4.46. The summed E-state index contributed by atoms with van der Waals surface area (Å²) in [5.41, 5.74) is 3.19. The van der Waals surface area contributed by atoms with Crippen molar-refractivity contribution in [3.8, 4) is 0 Å². The first-order valence-electron chi connectivity index (χ1n) is 13.8. The minimum absolute atomic E-state index is 0.0724. The van der Waals surface area contributed by atoms with Gasteiger partial charge in [-0.2, -0.15) is 10.2 Å². The second-order valence-electron chi connectivity index (χ2n) is 9.57. The molecule has 0 atom stereocenters. The van der Waals surface area contributed by atoms with Crippen LogP contribution in [0, 0.1) is 0 Å². The molecule has 1 N–H and O–H groups in total. The van der Waals surface area contributed by atoms with Crippen LogP contribution in [0.2, 0.25) is 10.0 Å². The molecule has 0 spiro atoms. The van der Waals surface area contributed by atoms with Gasteiger partial charge in [0.2, 0.25) is 0 Å². The zero-order valence-corrected chi connectivity index (χ0v) is 25.1. The van der Waals surface area contributed by atoms with Crippen molar-refractivity contribution < 1.29 is 28.6 Å². The van der Waals surface area contributed by atoms with E-state index >= 15 is 0 Å². The van der Waals surface area contributed by atoms with Crippen LogP contribution < -0.4 is 5.32 Å². The Morgan fingerprint density at radius 2 is 1.40 bits per heavy atom. The number of benzene rings is 1. The van der Waals surface area contributed by atoms with E-state index in [0.29, 0.717) is 54.0 Å². The molecular weight excluding hydrogens is 587 g/mol. The summed E-state index contributed by atoms with van der Waals surface area (Å²) >= 11 is 11.9. The third-order valence-electron chi connectivity index (χ3n) is 6.42. The van der Waals surface area contributed by atoms with Gasteiger partial charge in [-0.05, 0) is 69.1 Å². The van der Waals surface area contributed by atoms with Crippen molar-refractivity contribution in [2.75, 3.05) is 26.3 Å². The molecule has 0 aliphatic carbocycles. The number of esters is 2. The molecular formula is C28H34Cl2N6O6. The predicted molar refractivity (Wildman–Crippen MR) is 154 cm³/mol. The lowest BCUT2D eigenvalue weighted by Crippen LogP contribution is -2.31. The van der Waals surface area contributed by atoms with Gasteiger partial charge in [0.15, 0.2) is 11.4 Å². The van der Waals surface area contributed by atoms with E-state index in [4.69, 9.17) is 37.4 Å². The molecule has 14 heteroatoms. The highest BCUT2D eigenvalue weighted by Crippen LogP contribution is 2.21. The van der Waals surface area contributed by atoms with Gasteiger partial charge in [-0.25, -0.2) is 14.4 Å². The monoisotopic (exact) mass is 620 g/mol. The van der Waals surface area contributed by atoms with Crippen LogP contribution in [0.1, 0.15) is 64.6 Å². The van der Waals surface area contributed by atoms with Gasteiger partial charge in [-0.1, -0.05) is 23.2 Å². The number of fused-ring (bicyclic) bond motifs is 2. The summed E-state index contributed by atoms with van der Waals surface area (Å²) in [5, 5.41) is 12.7. The van der Waals surface area contributed by atoms with Crippen LogP contribution in [0.15, 0.2) is 30.3 Å². The van der Waals surface area contributed by atoms with E-state index in [1.165, 1.54) is 0 Å². The Labute approximate surface area is 253 Å². The van der Waals surface area contributed by atoms with Gasteiger partial charge >= 0.3 is 18.0 Å². The highest BCUT2D eigenvalue weighted by atomic mass is 35.5. The number of aromatic nitrogens is 4. The average molecular weight is 622 g/mol. The van der Waals surface area contributed by atoms with E-state index in [-0.39, 0.29) is 24.9 Å². The second kappa shape index (κ2) is 15.0. The quantitative estimate of drug-likeness (QED) is 0.313. The number of amides is 1. The Morgan fingerprint density at radius 3 is 2.05 bits per heavy atom. The summed E-state index contributed by atoms with van der Waals surface area (Å²) in [7, 11) is 0. The van der Waals surface area contributed by atoms with Gasteiger partial charge in [0.1, 0.15) is 6.61 Å². The molecule has 0 bridgehead atoms. The van der Waals surface area contributed by atoms with Crippen LogP contribution in [0.4, 0.5) is 4.79 Å². The molecule has 1 amide bonds. The second-order valence-corrected chi connectivity index (χ2v) is 10.4. The third kappa shape index (κ3) is 8.46. The lowest BCUT2D eigenvalue weighted by atomic mass is 10.2. The SMILES string of the molecule is CCOC(=O)c1cc2n(n1)CCCN(C(=O)OCc1cc(Cl)cc(Cl)c1)C2.CCOC(=O)c1cc2n(n1)CCCNC2. The summed E-state index contributed by atoms with van der Waals surface area (Å²) in [6.45, 7) is 8.36. The third-order valence-corrected chi connectivity index (χ3v) is 6.86. The summed E-state index contributed by atoms with van der Waals surface area (Å²) in [4.78, 5) is 37.3. The first-order chi connectivity index (χ1) is 20.3. The number of rotatable bonds is 6. The lowest BCUT2D eigenvalue weighted by Gasteiger charge is -2.19. The molecule has 0 unspecified atom stereocenters. The van der Waals surface area contributed by atoms with Crippen LogP contribution in [0.5, 0.6) is 0 Å². The molecule has 42 heavy (non-hydrogen) atoms. The van der Waals surface area contributed by atoms with E-state index in [9.17, 15) is 14.4 Å². The highest BCUT2D eigenvalue weighted by Gasteiger charge is 2.24. The van der Waals surface area contributed by atoms with Crippen molar-refractivity contribution in [1.29, 1.82) is 0 Å². The lowest BCUT2D eigenvalue weighted by molar-refractivity contribution is 0.0509. The van der Waals surface area contributed by atoms with Crippen molar-refractivity contribution >= 4 is 41.2 Å². The summed E-state index contributed by atoms with van der Waals surface area (Å²) in [6, 6.07) is 8.47. The average Bonchev–Trinajstić information content (AvgIpc) is 3.41. The van der Waals surface area contributed by atoms with Gasteiger partial charge in [0, 0.05) is 36.2 Å². The van der Waals surface area contributed by atoms with Crippen LogP contribution >= 0.6 is 23.2 Å². The summed E-state index contributed by atoms with van der Waals surface area (Å²) in [6.07, 6.45) is 1.30. The smallest absolute Gasteiger partial charge is 0.410 e. The standard InChI is InChI=1S/C18H19Cl2N3O4.C10H15N3O2/c1-2-26-17(24)16-9-15-10-22(4-3-5-23(15)21-16)18(25)27-11-12-6-13(19)8-14(20)7-12;1-2-15-10(14)9-6-8-7-11-4-3-5-13(8)12-9/h6-9H,2-5,10-11H2,1H3;6,11H,2-5,7H2,1H3. The fourth-order valence-corrected chi connectivity index (χ4v) is 5.09. The molecule has 226 valence electrons. The highest BCUT2D eigenvalue weighted by molar-refractivity contribution is 6.34. The molecule has 3 aromatic rings. The number of aryl methyl sites for hydroxylation is 2. The molecule has 5 rings (SSSR count). The Hall–Kier alpha value is -3.61. The number of ether oxygens (including phenoxy) is 3. The van der Waals surface area contributed by atoms with E-state index in [0.717, 1.165) is 37.4 Å². The maximum absolute atomic E-state index is 12.5. The molecule has 0 radical (unpaired) electrons. The Morgan fingerprint density at radius 1 is 0.810 bits per heavy atom. The number of hydrogen-bond acceptors (Lipinski definition) is 9. The first kappa shape index (κ1) is 31.3. The molecule has 2 aliphatic rings. The molecule has 0 fully saturated rings. The number of nitrogens with zero attached hydrogens (tertiary/aromatic N) is 5. The van der Waals surface area contributed by atoms with Crippen LogP contribution in [-0.2, 0) is 47.0 Å². The normalized spacial score (nSPS) is 14.3. The minimum Gasteiger partial charge on any atom is -0.461 e. The van der Waals surface area contributed by atoms with Crippen molar-refractivity contribution in [3.63, 3.8) is 0 Å². The zero-order chi connectivity index (χ0) is 30.1. The minimum atomic E-state index is -0.468. The Kier molecular flexibility index (Phi) is 11.2. The first-order valence-corrected chi connectivity index (χ1v) is 14.6. The molecule has 0 saturated carbocycles. The molecule has 1 aromatic carbocycles. The Bertz CT molecular complexity index is 1360. The van der Waals surface area contributed by atoms with Gasteiger partial charge < -0.3 is 24.4 Å². The van der Waals surface area contributed by atoms with E-state index < -0.39 is 12.1 Å². The van der Waals surface area contributed by atoms with E-state index in [2.05, 4.69) is 15.5 Å². The van der Waals surface area contributed by atoms with Gasteiger partial charge in [-0.3, -0.25) is 9.36 Å². The van der Waals surface area contributed by atoms with Crippen molar-refractivity contribution in [2.24, 2.45) is 0 Å². The number of carbonyl (C=O) groups is 3. The zero-order valence-electron chi connectivity index (χ0n) is 23.6. The maximum Gasteiger partial charge on any atom is 0.410 e. The number of carbonyl (C=O) groups excluding carboxylic acids is 3. The number of halogens is 2. The number of hydrogen-bond donors (Lipinski definition) is 1. The van der Waals surface area contributed by atoms with Crippen molar-refractivity contribution in [2.45, 2.75) is 59.5 Å². The largest absolute Gasteiger partial charge is 0.461 e. The van der Waals surface area contributed by atoms with Crippen LogP contribution in [-0.4, -0.2) is 68.8 Å². The van der Waals surface area contributed by atoms with Gasteiger partial charge in [0.25, 0.3) is 0 Å². The summed E-state index contributed by atoms with van der Waals surface area (Å²) < 4.78 is 18.9. The van der Waals surface area contributed by atoms with Crippen molar-refractivity contribution in [3.05, 3.63) is 68.7 Å². The summed E-state index contributed by atoms with van der Waals surface area (Å²) in [5.74, 6) is -0.803. The topological polar surface area (TPSA) is 130 Å². The van der Waals surface area contributed by atoms with Gasteiger partial charge in [-0.15, -0.1) is 0 Å². The molecule has 4 heterocycles. The van der Waals surface area contributed by atoms with E-state index in [1.807, 2.05) is 4.68 Å². The maximum atomic E-state index is 12.5. The van der Waals surface area contributed by atoms with E-state index in [1.54, 1.807) is 53.8 Å².